The van der Waals surface area contributed by atoms with Gasteiger partial charge in [-0.2, -0.15) is 74.6 Å². The fourth-order valence-corrected chi connectivity index (χ4v) is 1.35. The molecular weight excluding hydrogens is 531 g/mol. The third-order valence-electron chi connectivity index (χ3n) is 2.91. The van der Waals surface area contributed by atoms with Crippen molar-refractivity contribution < 1.29 is 93.6 Å². The maximum absolute atomic E-state index is 13.8. The number of ether oxygens (including phenoxy) is 3. The molecule has 194 valence electrons. The van der Waals surface area contributed by atoms with Gasteiger partial charge in [-0.1, -0.05) is 5.92 Å². The Bertz CT molecular complexity index is 760. The van der Waals surface area contributed by atoms with Gasteiger partial charge in [0.15, 0.2) is 6.61 Å². The minimum absolute atomic E-state index is 1.11. The van der Waals surface area contributed by atoms with E-state index >= 15 is 0 Å². The fourth-order valence-electron chi connectivity index (χ4n) is 1.35. The smallest absolute Gasteiger partial charge is 0.448 e. The van der Waals surface area contributed by atoms with E-state index in [2.05, 4.69) is 11.2 Å². The van der Waals surface area contributed by atoms with Crippen LogP contribution in [0.15, 0.2) is 0 Å². The molecule has 2 atom stereocenters. The molecule has 0 spiro atoms. The molecule has 0 aliphatic rings. The number of carbonyl (C=O) groups is 1. The van der Waals surface area contributed by atoms with E-state index < -0.39 is 61.0 Å². The number of carbonyl (C=O) groups excluding carboxylic acids is 1. The molecule has 0 heterocycles. The summed E-state index contributed by atoms with van der Waals surface area (Å²) in [5.41, 5.74) is 0. The predicted molar refractivity (Wildman–Crippen MR) is 62.6 cm³/mol. The lowest BCUT2D eigenvalue weighted by Gasteiger charge is -2.39. The van der Waals surface area contributed by atoms with Gasteiger partial charge < -0.3 is 4.74 Å². The van der Waals surface area contributed by atoms with E-state index in [1.165, 1.54) is 4.74 Å². The van der Waals surface area contributed by atoms with E-state index in [9.17, 15) is 79.4 Å². The third-order valence-corrected chi connectivity index (χ3v) is 2.91. The number of hydrogen-bond acceptors (Lipinski definition) is 4. The number of rotatable bonds is 8. The number of terminal acetylenes is 1. The number of halogens is 17. The second kappa shape index (κ2) is 8.52. The zero-order valence-corrected chi connectivity index (χ0v) is 14.3. The first-order chi connectivity index (χ1) is 14.1. The van der Waals surface area contributed by atoms with Crippen LogP contribution in [0.3, 0.4) is 0 Å². The van der Waals surface area contributed by atoms with Crippen LogP contribution in [0.4, 0.5) is 74.6 Å². The van der Waals surface area contributed by atoms with Gasteiger partial charge in [-0.3, -0.25) is 9.47 Å². The van der Waals surface area contributed by atoms with E-state index in [0.29, 0.717) is 0 Å². The molecule has 33 heavy (non-hydrogen) atoms. The van der Waals surface area contributed by atoms with E-state index in [-0.39, 0.29) is 0 Å². The summed E-state index contributed by atoms with van der Waals surface area (Å²) < 4.78 is 224. The lowest BCUT2D eigenvalue weighted by Crippen LogP contribution is -2.68. The van der Waals surface area contributed by atoms with Crippen LogP contribution >= 0.6 is 0 Å². The number of alkyl halides is 17. The number of esters is 1. The summed E-state index contributed by atoms with van der Waals surface area (Å²) >= 11 is 0. The molecule has 0 saturated heterocycles. The van der Waals surface area contributed by atoms with Gasteiger partial charge in [0.25, 0.3) is 0 Å². The molecule has 0 bridgehead atoms. The van der Waals surface area contributed by atoms with E-state index in [1.54, 1.807) is 4.74 Å². The van der Waals surface area contributed by atoms with Crippen LogP contribution in [-0.4, -0.2) is 61.0 Å². The molecule has 0 aliphatic heterocycles. The van der Waals surface area contributed by atoms with Crippen molar-refractivity contribution in [1.29, 1.82) is 0 Å². The van der Waals surface area contributed by atoms with E-state index in [0.717, 1.165) is 5.92 Å². The van der Waals surface area contributed by atoms with Crippen LogP contribution in [0.1, 0.15) is 0 Å². The average Bonchev–Trinajstić information content (AvgIpc) is 2.55. The summed E-state index contributed by atoms with van der Waals surface area (Å²) in [5, 5.41) is 0. The van der Waals surface area contributed by atoms with Crippen molar-refractivity contribution in [2.24, 2.45) is 0 Å². The van der Waals surface area contributed by atoms with Gasteiger partial charge in [-0.25, -0.2) is 4.79 Å². The lowest BCUT2D eigenvalue weighted by molar-refractivity contribution is -0.548. The molecule has 0 aromatic carbocycles. The SMILES string of the molecule is C#CCOC(=O)[C@](F)(OC(F)(F)[C@](F)(OC(F)(F)C(F)(F)C(F)(F)F)C(F)(F)F)C(F)(F)F. The second-order valence-electron chi connectivity index (χ2n) is 5.28. The molecule has 0 fully saturated rings. The highest BCUT2D eigenvalue weighted by Gasteiger charge is 2.85. The molecule has 0 radical (unpaired) electrons. The Morgan fingerprint density at radius 2 is 1.06 bits per heavy atom. The molecule has 0 saturated carbocycles. The van der Waals surface area contributed by atoms with Crippen LogP contribution in [-0.2, 0) is 19.0 Å². The van der Waals surface area contributed by atoms with Crippen LogP contribution in [0.2, 0.25) is 0 Å². The average molecular weight is 534 g/mol. The Kier molecular flexibility index (Phi) is 7.94. The minimum Gasteiger partial charge on any atom is -0.448 e. The summed E-state index contributed by atoms with van der Waals surface area (Å²) in [4.78, 5) is 11.0. The van der Waals surface area contributed by atoms with Gasteiger partial charge in [0, 0.05) is 0 Å². The molecule has 0 unspecified atom stereocenters. The molecular formula is C12H3F17O4. The summed E-state index contributed by atoms with van der Waals surface area (Å²) in [6.45, 7) is -1.73. The summed E-state index contributed by atoms with van der Waals surface area (Å²) in [6, 6.07) is 0. The lowest BCUT2D eigenvalue weighted by atomic mass is 10.2. The standard InChI is InChI=1S/C12H3F17O4/c1-2-3-31-4(30)5(13,8(17,18)19)32-12(28,29)7(16,10(23,24)25)33-11(26,27)6(14,15)9(20,21)22/h1H,3H2/t5-,7+/m0/s1. The Morgan fingerprint density at radius 3 is 1.36 bits per heavy atom. The first-order valence-electron chi connectivity index (χ1n) is 6.87. The monoisotopic (exact) mass is 534 g/mol. The maximum Gasteiger partial charge on any atom is 0.462 e. The van der Waals surface area contributed by atoms with E-state index in [1.807, 2.05) is 0 Å². The normalized spacial score (nSPS) is 18.2. The fraction of sp³-hybridized carbons (Fsp3) is 0.750. The van der Waals surface area contributed by atoms with Crippen molar-refractivity contribution in [2.75, 3.05) is 6.61 Å². The zero-order chi connectivity index (χ0) is 27.1. The van der Waals surface area contributed by atoms with Crippen molar-refractivity contribution in [2.45, 2.75) is 48.4 Å². The summed E-state index contributed by atoms with van der Waals surface area (Å²) in [6.07, 6.45) is -34.4. The first-order valence-corrected chi connectivity index (χ1v) is 6.87. The topological polar surface area (TPSA) is 44.8 Å². The third kappa shape index (κ3) is 5.47. The highest BCUT2D eigenvalue weighted by Crippen LogP contribution is 2.56. The minimum atomic E-state index is -8.08. The van der Waals surface area contributed by atoms with Crippen LogP contribution in [0.25, 0.3) is 0 Å². The molecule has 0 aliphatic carbocycles. The van der Waals surface area contributed by atoms with Crippen molar-refractivity contribution in [3.63, 3.8) is 0 Å². The van der Waals surface area contributed by atoms with E-state index in [4.69, 9.17) is 0 Å². The van der Waals surface area contributed by atoms with Gasteiger partial charge in [0.1, 0.15) is 0 Å². The van der Waals surface area contributed by atoms with Gasteiger partial charge in [-0.15, -0.1) is 6.42 Å². The van der Waals surface area contributed by atoms with Gasteiger partial charge >= 0.3 is 54.3 Å². The summed E-state index contributed by atoms with van der Waals surface area (Å²) in [7, 11) is 0. The quantitative estimate of drug-likeness (QED) is 0.249. The maximum atomic E-state index is 13.8. The van der Waals surface area contributed by atoms with Crippen molar-refractivity contribution >= 4 is 5.97 Å². The Balaban J connectivity index is 6.71. The molecule has 0 aromatic rings. The molecule has 4 nitrogen and oxygen atoms in total. The van der Waals surface area contributed by atoms with Crippen molar-refractivity contribution in [3.05, 3.63) is 0 Å². The van der Waals surface area contributed by atoms with Gasteiger partial charge in [0.05, 0.1) is 0 Å². The number of hydrogen-bond donors (Lipinski definition) is 0. The van der Waals surface area contributed by atoms with Crippen molar-refractivity contribution in [1.82, 2.24) is 0 Å². The molecule has 21 heteroatoms. The highest BCUT2D eigenvalue weighted by atomic mass is 19.4. The molecule has 0 amide bonds. The second-order valence-corrected chi connectivity index (χ2v) is 5.28. The van der Waals surface area contributed by atoms with Crippen LogP contribution in [0, 0.1) is 12.3 Å². The Labute approximate surface area is 168 Å². The highest BCUT2D eigenvalue weighted by molar-refractivity contribution is 5.79. The Hall–Kier alpha value is -2.24. The molecule has 0 N–H and O–H groups in total. The van der Waals surface area contributed by atoms with Gasteiger partial charge in [0.2, 0.25) is 0 Å². The van der Waals surface area contributed by atoms with Crippen LogP contribution < -0.4 is 0 Å². The zero-order valence-electron chi connectivity index (χ0n) is 14.3. The Morgan fingerprint density at radius 1 is 0.636 bits per heavy atom. The van der Waals surface area contributed by atoms with Crippen LogP contribution in [0.5, 0.6) is 0 Å². The first kappa shape index (κ1) is 30.8. The predicted octanol–water partition coefficient (Wildman–Crippen LogP) is 5.04. The molecule has 0 aromatic heterocycles. The van der Waals surface area contributed by atoms with Crippen molar-refractivity contribution in [3.8, 4) is 12.3 Å². The van der Waals surface area contributed by atoms with Gasteiger partial charge in [-0.05, 0) is 0 Å². The molecule has 0 rings (SSSR count). The summed E-state index contributed by atoms with van der Waals surface area (Å²) in [5.74, 6) is -25.5. The largest absolute Gasteiger partial charge is 0.462 e.